The van der Waals surface area contributed by atoms with E-state index >= 15 is 0 Å². The van der Waals surface area contributed by atoms with Crippen molar-refractivity contribution in [1.82, 2.24) is 0 Å². The third kappa shape index (κ3) is 2.76. The van der Waals surface area contributed by atoms with Crippen molar-refractivity contribution in [2.75, 3.05) is 11.5 Å². The predicted molar refractivity (Wildman–Crippen MR) is 68.0 cm³/mol. The van der Waals surface area contributed by atoms with Crippen LogP contribution in [0.2, 0.25) is 0 Å². The summed E-state index contributed by atoms with van der Waals surface area (Å²) in [6.45, 7) is 0. The molecule has 0 aliphatic carbocycles. The van der Waals surface area contributed by atoms with Crippen molar-refractivity contribution in [2.45, 2.75) is 19.0 Å². The molecule has 1 aromatic rings. The fourth-order valence-electron chi connectivity index (χ4n) is 1.95. The van der Waals surface area contributed by atoms with E-state index < -0.39 is 6.17 Å². The zero-order valence-electron chi connectivity index (χ0n) is 8.46. The third-order valence-corrected chi connectivity index (χ3v) is 4.78. The minimum Gasteiger partial charge on any atom is -0.242 e. The first-order chi connectivity index (χ1) is 7.29. The minimum absolute atomic E-state index is 0.197. The molecule has 0 spiro atoms. The number of hydrogen-bond acceptors (Lipinski definition) is 1. The number of hydrogen-bond donors (Lipinski definition) is 0. The molecule has 0 bridgehead atoms. The monoisotopic (exact) mass is 288 g/mol. The van der Waals surface area contributed by atoms with E-state index in [4.69, 9.17) is 0 Å². The van der Waals surface area contributed by atoms with E-state index in [2.05, 4.69) is 15.9 Å². The second kappa shape index (κ2) is 5.35. The van der Waals surface area contributed by atoms with Gasteiger partial charge in [-0.25, -0.2) is 4.39 Å². The molecule has 2 unspecified atom stereocenters. The van der Waals surface area contributed by atoms with Crippen molar-refractivity contribution in [1.29, 1.82) is 0 Å². The summed E-state index contributed by atoms with van der Waals surface area (Å²) in [6.07, 6.45) is 1.36. The van der Waals surface area contributed by atoms with Crippen LogP contribution in [-0.4, -0.2) is 11.5 Å². The van der Waals surface area contributed by atoms with Crippen LogP contribution in [0.25, 0.3) is 0 Å². The van der Waals surface area contributed by atoms with E-state index in [0.29, 0.717) is 0 Å². The SMILES string of the molecule is FC(c1ccccc1Br)C1CCCSC1. The molecule has 1 aliphatic heterocycles. The molecule has 2 atom stereocenters. The van der Waals surface area contributed by atoms with Gasteiger partial charge in [0.1, 0.15) is 6.17 Å². The Balaban J connectivity index is 2.12. The smallest absolute Gasteiger partial charge is 0.130 e. The summed E-state index contributed by atoms with van der Waals surface area (Å²) in [5, 5.41) is 0. The quantitative estimate of drug-likeness (QED) is 0.766. The lowest BCUT2D eigenvalue weighted by Crippen LogP contribution is -2.16. The van der Waals surface area contributed by atoms with Crippen LogP contribution < -0.4 is 0 Å². The molecule has 1 fully saturated rings. The highest BCUT2D eigenvalue weighted by Crippen LogP contribution is 2.38. The molecule has 82 valence electrons. The lowest BCUT2D eigenvalue weighted by atomic mass is 9.94. The molecule has 0 aromatic heterocycles. The molecule has 0 nitrogen and oxygen atoms in total. The van der Waals surface area contributed by atoms with Gasteiger partial charge in [0.2, 0.25) is 0 Å². The third-order valence-electron chi connectivity index (χ3n) is 2.81. The van der Waals surface area contributed by atoms with Crippen LogP contribution in [0.1, 0.15) is 24.6 Å². The first-order valence-electron chi connectivity index (χ1n) is 5.25. The average Bonchev–Trinajstić information content (AvgIpc) is 2.30. The van der Waals surface area contributed by atoms with Gasteiger partial charge >= 0.3 is 0 Å². The Labute approximate surface area is 103 Å². The number of halogens is 2. The van der Waals surface area contributed by atoms with E-state index in [1.165, 1.54) is 5.75 Å². The van der Waals surface area contributed by atoms with Crippen LogP contribution in [0.15, 0.2) is 28.7 Å². The molecule has 2 rings (SSSR count). The lowest BCUT2D eigenvalue weighted by Gasteiger charge is -2.25. The fraction of sp³-hybridized carbons (Fsp3) is 0.500. The van der Waals surface area contributed by atoms with E-state index in [1.54, 1.807) is 0 Å². The maximum absolute atomic E-state index is 14.2. The van der Waals surface area contributed by atoms with Gasteiger partial charge in [-0.15, -0.1) is 0 Å². The highest BCUT2D eigenvalue weighted by molar-refractivity contribution is 9.10. The van der Waals surface area contributed by atoms with Crippen LogP contribution >= 0.6 is 27.7 Å². The van der Waals surface area contributed by atoms with Gasteiger partial charge < -0.3 is 0 Å². The summed E-state index contributed by atoms with van der Waals surface area (Å²) in [6, 6.07) is 7.63. The topological polar surface area (TPSA) is 0 Å². The molecule has 15 heavy (non-hydrogen) atoms. The Bertz CT molecular complexity index is 323. The summed E-state index contributed by atoms with van der Waals surface area (Å²) in [5.74, 6) is 2.35. The van der Waals surface area contributed by atoms with Gasteiger partial charge in [0.15, 0.2) is 0 Å². The maximum Gasteiger partial charge on any atom is 0.130 e. The van der Waals surface area contributed by atoms with E-state index in [9.17, 15) is 4.39 Å². The number of thioether (sulfide) groups is 1. The molecule has 0 radical (unpaired) electrons. The van der Waals surface area contributed by atoms with Crippen LogP contribution in [-0.2, 0) is 0 Å². The maximum atomic E-state index is 14.2. The summed E-state index contributed by atoms with van der Waals surface area (Å²) in [7, 11) is 0. The first kappa shape index (κ1) is 11.5. The average molecular weight is 289 g/mol. The van der Waals surface area contributed by atoms with E-state index in [1.807, 2.05) is 36.0 Å². The summed E-state index contributed by atoms with van der Waals surface area (Å²) in [5.41, 5.74) is 0.810. The van der Waals surface area contributed by atoms with Crippen LogP contribution in [0, 0.1) is 5.92 Å². The second-order valence-corrected chi connectivity index (χ2v) is 5.90. The van der Waals surface area contributed by atoms with E-state index in [-0.39, 0.29) is 5.92 Å². The molecular weight excluding hydrogens is 275 g/mol. The van der Waals surface area contributed by atoms with Crippen molar-refractivity contribution in [3.8, 4) is 0 Å². The van der Waals surface area contributed by atoms with E-state index in [0.717, 1.165) is 28.6 Å². The van der Waals surface area contributed by atoms with Crippen molar-refractivity contribution in [3.63, 3.8) is 0 Å². The standard InChI is InChI=1S/C12H14BrFS/c13-11-6-2-1-5-10(11)12(14)9-4-3-7-15-8-9/h1-2,5-6,9,12H,3-4,7-8H2. The molecule has 3 heteroatoms. The summed E-state index contributed by atoms with van der Waals surface area (Å²) >= 11 is 5.29. The highest BCUT2D eigenvalue weighted by atomic mass is 79.9. The van der Waals surface area contributed by atoms with Gasteiger partial charge in [-0.2, -0.15) is 11.8 Å². The van der Waals surface area contributed by atoms with Crippen molar-refractivity contribution in [3.05, 3.63) is 34.3 Å². The molecule has 0 amide bonds. The number of benzene rings is 1. The molecule has 1 aromatic carbocycles. The van der Waals surface area contributed by atoms with Crippen LogP contribution in [0.5, 0.6) is 0 Å². The van der Waals surface area contributed by atoms with Gasteiger partial charge in [0, 0.05) is 16.0 Å². The molecule has 0 saturated carbocycles. The Hall–Kier alpha value is -0.0200. The predicted octanol–water partition coefficient (Wildman–Crippen LogP) is 4.60. The Morgan fingerprint density at radius 2 is 2.20 bits per heavy atom. The Morgan fingerprint density at radius 3 is 2.87 bits per heavy atom. The molecule has 1 aliphatic rings. The largest absolute Gasteiger partial charge is 0.242 e. The van der Waals surface area contributed by atoms with Gasteiger partial charge in [-0.05, 0) is 30.4 Å². The van der Waals surface area contributed by atoms with Crippen LogP contribution in [0.3, 0.4) is 0 Å². The second-order valence-electron chi connectivity index (χ2n) is 3.90. The lowest BCUT2D eigenvalue weighted by molar-refractivity contribution is 0.235. The van der Waals surface area contributed by atoms with Crippen molar-refractivity contribution < 1.29 is 4.39 Å². The van der Waals surface area contributed by atoms with Gasteiger partial charge in [0.05, 0.1) is 0 Å². The molecule has 1 heterocycles. The first-order valence-corrected chi connectivity index (χ1v) is 7.20. The Morgan fingerprint density at radius 1 is 1.40 bits per heavy atom. The van der Waals surface area contributed by atoms with Gasteiger partial charge in [-0.3, -0.25) is 0 Å². The molecular formula is C12H14BrFS. The fourth-order valence-corrected chi connectivity index (χ4v) is 3.63. The highest BCUT2D eigenvalue weighted by Gasteiger charge is 2.26. The van der Waals surface area contributed by atoms with Crippen LogP contribution in [0.4, 0.5) is 4.39 Å². The Kier molecular flexibility index (Phi) is 4.09. The van der Waals surface area contributed by atoms with Crippen molar-refractivity contribution >= 4 is 27.7 Å². The summed E-state index contributed by atoms with van der Waals surface area (Å²) in [4.78, 5) is 0. The normalized spacial score (nSPS) is 23.7. The minimum atomic E-state index is -0.812. The zero-order chi connectivity index (χ0) is 10.7. The number of alkyl halides is 1. The van der Waals surface area contributed by atoms with Crippen molar-refractivity contribution in [2.24, 2.45) is 5.92 Å². The molecule has 1 saturated heterocycles. The van der Waals surface area contributed by atoms with Gasteiger partial charge in [0.25, 0.3) is 0 Å². The van der Waals surface area contributed by atoms with Gasteiger partial charge in [-0.1, -0.05) is 34.1 Å². The zero-order valence-corrected chi connectivity index (χ0v) is 10.9. The number of rotatable bonds is 2. The summed E-state index contributed by atoms with van der Waals surface area (Å²) < 4.78 is 15.1. The molecule has 0 N–H and O–H groups in total.